The summed E-state index contributed by atoms with van der Waals surface area (Å²) in [6.45, 7) is 4.91. The van der Waals surface area contributed by atoms with E-state index in [-0.39, 0.29) is 18.5 Å². The zero-order chi connectivity index (χ0) is 25.7. The Labute approximate surface area is 216 Å². The molecule has 2 aromatic carbocycles. The molecule has 0 bridgehead atoms. The zero-order valence-corrected chi connectivity index (χ0v) is 21.3. The lowest BCUT2D eigenvalue weighted by Gasteiger charge is -2.36. The van der Waals surface area contributed by atoms with Gasteiger partial charge in [0, 0.05) is 56.1 Å². The number of esters is 1. The fraction of sp³-hybridized carbons (Fsp3) is 0.370. The average Bonchev–Trinajstić information content (AvgIpc) is 3.12. The fourth-order valence-electron chi connectivity index (χ4n) is 4.64. The standard InChI is InChI=1S/C27H31ClN4O4/c1-3-36-26(34)23-22(30(2)27(35)29-24(23)20-11-7-12-21(28)17-20)18-31-13-8-14-32(16-15-31)25(33)19-9-5-4-6-10-19/h4-7,9-12,17,24H,3,8,13-16,18H2,1-2H3,(H,29,35). The molecule has 1 N–H and O–H groups in total. The number of ether oxygens (including phenoxy) is 1. The van der Waals surface area contributed by atoms with Crippen LogP contribution in [0.2, 0.25) is 5.02 Å². The Kier molecular flexibility index (Phi) is 8.28. The molecule has 0 radical (unpaired) electrons. The summed E-state index contributed by atoms with van der Waals surface area (Å²) in [4.78, 5) is 44.6. The minimum Gasteiger partial charge on any atom is -0.463 e. The SMILES string of the molecule is CCOC(=O)C1=C(CN2CCCN(C(=O)c3ccccc3)CC2)N(C)C(=O)NC1c1cccc(Cl)c1. The molecule has 190 valence electrons. The van der Waals surface area contributed by atoms with Gasteiger partial charge in [0.25, 0.3) is 5.91 Å². The Morgan fingerprint density at radius 2 is 1.83 bits per heavy atom. The molecule has 1 fully saturated rings. The summed E-state index contributed by atoms with van der Waals surface area (Å²) in [5.74, 6) is -0.459. The van der Waals surface area contributed by atoms with Crippen LogP contribution in [0, 0.1) is 0 Å². The van der Waals surface area contributed by atoms with Gasteiger partial charge in [-0.2, -0.15) is 0 Å². The molecule has 2 heterocycles. The number of urea groups is 1. The number of hydrogen-bond acceptors (Lipinski definition) is 5. The second kappa shape index (κ2) is 11.6. The van der Waals surface area contributed by atoms with Crippen molar-refractivity contribution in [2.75, 3.05) is 46.4 Å². The van der Waals surface area contributed by atoms with Gasteiger partial charge >= 0.3 is 12.0 Å². The normalized spacial score (nSPS) is 19.1. The van der Waals surface area contributed by atoms with Gasteiger partial charge in [-0.1, -0.05) is 41.9 Å². The van der Waals surface area contributed by atoms with Gasteiger partial charge in [0.2, 0.25) is 0 Å². The number of rotatable bonds is 6. The summed E-state index contributed by atoms with van der Waals surface area (Å²) in [6, 6.07) is 15.4. The van der Waals surface area contributed by atoms with Gasteiger partial charge in [-0.05, 0) is 43.2 Å². The predicted octanol–water partition coefficient (Wildman–Crippen LogP) is 3.70. The number of amides is 3. The largest absolute Gasteiger partial charge is 0.463 e. The van der Waals surface area contributed by atoms with E-state index in [0.717, 1.165) is 13.0 Å². The molecule has 36 heavy (non-hydrogen) atoms. The van der Waals surface area contributed by atoms with E-state index in [1.54, 1.807) is 32.2 Å². The van der Waals surface area contributed by atoms with Crippen LogP contribution in [0.3, 0.4) is 0 Å². The lowest BCUT2D eigenvalue weighted by atomic mass is 9.94. The van der Waals surface area contributed by atoms with Gasteiger partial charge in [0.15, 0.2) is 0 Å². The Balaban J connectivity index is 1.60. The number of carbonyl (C=O) groups excluding carboxylic acids is 3. The summed E-state index contributed by atoms with van der Waals surface area (Å²) in [7, 11) is 1.65. The third-order valence-corrected chi connectivity index (χ3v) is 6.76. The van der Waals surface area contributed by atoms with Crippen molar-refractivity contribution in [2.45, 2.75) is 19.4 Å². The molecule has 3 amide bonds. The van der Waals surface area contributed by atoms with Gasteiger partial charge in [0.05, 0.1) is 18.2 Å². The van der Waals surface area contributed by atoms with E-state index < -0.39 is 12.0 Å². The molecule has 8 nitrogen and oxygen atoms in total. The van der Waals surface area contributed by atoms with Crippen LogP contribution in [0.25, 0.3) is 0 Å². The highest BCUT2D eigenvalue weighted by Crippen LogP contribution is 2.32. The minimum atomic E-state index is -0.676. The Hall–Kier alpha value is -3.36. The molecule has 2 aromatic rings. The van der Waals surface area contributed by atoms with Gasteiger partial charge in [-0.3, -0.25) is 14.6 Å². The lowest BCUT2D eigenvalue weighted by Crippen LogP contribution is -2.49. The van der Waals surface area contributed by atoms with Crippen molar-refractivity contribution in [3.05, 3.63) is 82.0 Å². The van der Waals surface area contributed by atoms with Crippen molar-refractivity contribution in [2.24, 2.45) is 0 Å². The monoisotopic (exact) mass is 510 g/mol. The van der Waals surface area contributed by atoms with E-state index in [1.165, 1.54) is 4.90 Å². The number of nitrogens with zero attached hydrogens (tertiary/aromatic N) is 3. The first-order chi connectivity index (χ1) is 17.4. The van der Waals surface area contributed by atoms with Gasteiger partial charge < -0.3 is 15.0 Å². The van der Waals surface area contributed by atoms with E-state index in [4.69, 9.17) is 16.3 Å². The molecule has 2 aliphatic heterocycles. The summed E-state index contributed by atoms with van der Waals surface area (Å²) in [5.41, 5.74) is 2.36. The number of carbonyl (C=O) groups is 3. The van der Waals surface area contributed by atoms with Crippen molar-refractivity contribution >= 4 is 29.5 Å². The second-order valence-corrected chi connectivity index (χ2v) is 9.30. The summed E-state index contributed by atoms with van der Waals surface area (Å²) in [6.07, 6.45) is 0.786. The second-order valence-electron chi connectivity index (χ2n) is 8.87. The van der Waals surface area contributed by atoms with Gasteiger partial charge in [-0.15, -0.1) is 0 Å². The predicted molar refractivity (Wildman–Crippen MR) is 138 cm³/mol. The maximum absolute atomic E-state index is 13.2. The van der Waals surface area contributed by atoms with E-state index in [9.17, 15) is 14.4 Å². The molecule has 2 aliphatic rings. The molecule has 1 unspecified atom stereocenters. The third-order valence-electron chi connectivity index (χ3n) is 6.52. The third kappa shape index (κ3) is 5.71. The molecule has 0 saturated carbocycles. The summed E-state index contributed by atoms with van der Waals surface area (Å²) >= 11 is 6.22. The highest BCUT2D eigenvalue weighted by Gasteiger charge is 2.37. The van der Waals surface area contributed by atoms with Crippen LogP contribution >= 0.6 is 11.6 Å². The first-order valence-corrected chi connectivity index (χ1v) is 12.5. The minimum absolute atomic E-state index is 0.0130. The molecule has 9 heteroatoms. The molecule has 0 aliphatic carbocycles. The van der Waals surface area contributed by atoms with Crippen molar-refractivity contribution in [3.8, 4) is 0 Å². The van der Waals surface area contributed by atoms with E-state index in [2.05, 4.69) is 10.2 Å². The van der Waals surface area contributed by atoms with Crippen LogP contribution in [0.15, 0.2) is 65.9 Å². The zero-order valence-electron chi connectivity index (χ0n) is 20.6. The van der Waals surface area contributed by atoms with Crippen LogP contribution in [-0.4, -0.2) is 79.0 Å². The van der Waals surface area contributed by atoms with Crippen LogP contribution in [0.5, 0.6) is 0 Å². The van der Waals surface area contributed by atoms with Crippen LogP contribution in [0.4, 0.5) is 4.79 Å². The maximum atomic E-state index is 13.2. The first-order valence-electron chi connectivity index (χ1n) is 12.2. The molecule has 1 atom stereocenters. The molecular formula is C27H31ClN4O4. The van der Waals surface area contributed by atoms with Crippen LogP contribution in [-0.2, 0) is 9.53 Å². The number of benzene rings is 2. The Morgan fingerprint density at radius 3 is 2.56 bits per heavy atom. The lowest BCUT2D eigenvalue weighted by molar-refractivity contribution is -0.139. The van der Waals surface area contributed by atoms with E-state index in [0.29, 0.717) is 53.6 Å². The molecule has 4 rings (SSSR count). The molecule has 1 saturated heterocycles. The topological polar surface area (TPSA) is 82.2 Å². The number of halogens is 1. The fourth-order valence-corrected chi connectivity index (χ4v) is 4.84. The highest BCUT2D eigenvalue weighted by atomic mass is 35.5. The van der Waals surface area contributed by atoms with Crippen molar-refractivity contribution in [1.29, 1.82) is 0 Å². The van der Waals surface area contributed by atoms with Crippen molar-refractivity contribution in [1.82, 2.24) is 20.0 Å². The van der Waals surface area contributed by atoms with Crippen molar-refractivity contribution < 1.29 is 19.1 Å². The Bertz CT molecular complexity index is 1150. The smallest absolute Gasteiger partial charge is 0.338 e. The quantitative estimate of drug-likeness (QED) is 0.599. The number of hydrogen-bond donors (Lipinski definition) is 1. The molecule has 0 aromatic heterocycles. The van der Waals surface area contributed by atoms with Crippen LogP contribution in [0.1, 0.15) is 35.3 Å². The maximum Gasteiger partial charge on any atom is 0.338 e. The van der Waals surface area contributed by atoms with Gasteiger partial charge in [0.1, 0.15) is 0 Å². The van der Waals surface area contributed by atoms with Crippen LogP contribution < -0.4 is 5.32 Å². The van der Waals surface area contributed by atoms with Gasteiger partial charge in [-0.25, -0.2) is 9.59 Å². The summed E-state index contributed by atoms with van der Waals surface area (Å²) < 4.78 is 5.41. The molecule has 0 spiro atoms. The number of likely N-dealkylation sites (N-methyl/N-ethyl adjacent to an activating group) is 1. The molecular weight excluding hydrogens is 480 g/mol. The highest BCUT2D eigenvalue weighted by molar-refractivity contribution is 6.30. The van der Waals surface area contributed by atoms with E-state index >= 15 is 0 Å². The number of nitrogens with one attached hydrogen (secondary N) is 1. The average molecular weight is 511 g/mol. The Morgan fingerprint density at radius 1 is 1.06 bits per heavy atom. The van der Waals surface area contributed by atoms with E-state index in [1.807, 2.05) is 41.3 Å². The summed E-state index contributed by atoms with van der Waals surface area (Å²) in [5, 5.41) is 3.43. The first kappa shape index (κ1) is 25.7. The van der Waals surface area contributed by atoms with Crippen molar-refractivity contribution in [3.63, 3.8) is 0 Å².